The summed E-state index contributed by atoms with van der Waals surface area (Å²) in [5, 5.41) is 11.6. The number of hydrogen-bond acceptors (Lipinski definition) is 9. The SMILES string of the molecule is CCOC(=O)NC(=O)/C(=N\Nc1cc(Cl)c(Oc2cc(C(C)C)c(=O)[nH]n2)c(Cl)c1)C(N)=O. The summed E-state index contributed by atoms with van der Waals surface area (Å²) in [6.45, 7) is 5.22. The Labute approximate surface area is 197 Å². The summed E-state index contributed by atoms with van der Waals surface area (Å²) < 4.78 is 10.2. The van der Waals surface area contributed by atoms with Crippen LogP contribution in [0.15, 0.2) is 28.1 Å². The van der Waals surface area contributed by atoms with Crippen LogP contribution in [0.1, 0.15) is 32.3 Å². The first-order chi connectivity index (χ1) is 15.5. The number of H-pyrrole nitrogens is 1. The van der Waals surface area contributed by atoms with E-state index in [1.165, 1.54) is 25.1 Å². The van der Waals surface area contributed by atoms with Gasteiger partial charge in [-0.05, 0) is 25.0 Å². The Bertz CT molecular complexity index is 1140. The molecule has 0 aliphatic rings. The Morgan fingerprint density at radius 3 is 2.39 bits per heavy atom. The van der Waals surface area contributed by atoms with Gasteiger partial charge in [0.15, 0.2) is 5.75 Å². The second-order valence-electron chi connectivity index (χ2n) is 6.63. The van der Waals surface area contributed by atoms with Gasteiger partial charge in [0.2, 0.25) is 11.6 Å². The third-order valence-electron chi connectivity index (χ3n) is 3.87. The number of nitrogens with one attached hydrogen (secondary N) is 3. The van der Waals surface area contributed by atoms with Crippen molar-refractivity contribution in [3.8, 4) is 11.6 Å². The number of anilines is 1. The van der Waals surface area contributed by atoms with Crippen LogP contribution < -0.4 is 26.8 Å². The van der Waals surface area contributed by atoms with E-state index in [0.717, 1.165) is 0 Å². The van der Waals surface area contributed by atoms with Crippen molar-refractivity contribution in [2.24, 2.45) is 10.8 Å². The maximum atomic E-state index is 12.0. The summed E-state index contributed by atoms with van der Waals surface area (Å²) in [5.74, 6) is -2.35. The summed E-state index contributed by atoms with van der Waals surface area (Å²) in [4.78, 5) is 46.7. The molecule has 0 atom stereocenters. The molecule has 0 aliphatic carbocycles. The van der Waals surface area contributed by atoms with E-state index in [1.54, 1.807) is 5.32 Å². The summed E-state index contributed by atoms with van der Waals surface area (Å²) in [6, 6.07) is 4.14. The van der Waals surface area contributed by atoms with Gasteiger partial charge in [-0.2, -0.15) is 5.10 Å². The quantitative estimate of drug-likeness (QED) is 0.243. The maximum Gasteiger partial charge on any atom is 0.414 e. The van der Waals surface area contributed by atoms with E-state index >= 15 is 0 Å². The fourth-order valence-corrected chi connectivity index (χ4v) is 2.93. The van der Waals surface area contributed by atoms with Crippen LogP contribution in [0.5, 0.6) is 11.6 Å². The van der Waals surface area contributed by atoms with Gasteiger partial charge in [0.1, 0.15) is 0 Å². The van der Waals surface area contributed by atoms with E-state index in [4.69, 9.17) is 33.7 Å². The normalized spacial score (nSPS) is 11.2. The van der Waals surface area contributed by atoms with E-state index in [1.807, 2.05) is 13.8 Å². The molecule has 0 saturated heterocycles. The number of halogens is 2. The van der Waals surface area contributed by atoms with Crippen LogP contribution in [0.2, 0.25) is 10.0 Å². The summed E-state index contributed by atoms with van der Waals surface area (Å²) in [7, 11) is 0. The number of rotatable bonds is 8. The van der Waals surface area contributed by atoms with Crippen LogP contribution in [0.4, 0.5) is 10.5 Å². The molecular formula is C19H20Cl2N6O6. The molecule has 2 rings (SSSR count). The predicted octanol–water partition coefficient (Wildman–Crippen LogP) is 2.52. The van der Waals surface area contributed by atoms with Crippen molar-refractivity contribution >= 4 is 52.5 Å². The number of nitrogens with zero attached hydrogens (tertiary/aromatic N) is 2. The predicted molar refractivity (Wildman–Crippen MR) is 121 cm³/mol. The Hall–Kier alpha value is -3.64. The smallest absolute Gasteiger partial charge is 0.414 e. The summed E-state index contributed by atoms with van der Waals surface area (Å²) in [5.41, 5.74) is 7.02. The van der Waals surface area contributed by atoms with Crippen LogP contribution in [-0.2, 0) is 14.3 Å². The maximum absolute atomic E-state index is 12.0. The number of hydrazone groups is 1. The third kappa shape index (κ3) is 6.92. The van der Waals surface area contributed by atoms with Crippen molar-refractivity contribution in [3.63, 3.8) is 0 Å². The van der Waals surface area contributed by atoms with Gasteiger partial charge in [0, 0.05) is 11.6 Å². The first kappa shape index (κ1) is 25.6. The number of aromatic nitrogens is 2. The number of carbonyl (C=O) groups excluding carboxylic acids is 3. The van der Waals surface area contributed by atoms with Gasteiger partial charge < -0.3 is 15.2 Å². The lowest BCUT2D eigenvalue weighted by molar-refractivity contribution is -0.117. The van der Waals surface area contributed by atoms with Gasteiger partial charge >= 0.3 is 6.09 Å². The minimum absolute atomic E-state index is 0.0131. The molecule has 14 heteroatoms. The van der Waals surface area contributed by atoms with E-state index in [2.05, 4.69) is 25.5 Å². The molecule has 2 aromatic rings. The highest BCUT2D eigenvalue weighted by Crippen LogP contribution is 2.38. The Kier molecular flexibility index (Phi) is 8.77. The fraction of sp³-hybridized carbons (Fsp3) is 0.263. The van der Waals surface area contributed by atoms with Crippen molar-refractivity contribution in [2.45, 2.75) is 26.7 Å². The average Bonchev–Trinajstić information content (AvgIpc) is 2.71. The Morgan fingerprint density at radius 1 is 1.21 bits per heavy atom. The molecule has 1 heterocycles. The number of nitrogens with two attached hydrogens (primary N) is 1. The average molecular weight is 499 g/mol. The van der Waals surface area contributed by atoms with Gasteiger partial charge in [-0.25, -0.2) is 9.89 Å². The first-order valence-electron chi connectivity index (χ1n) is 9.41. The zero-order valence-corrected chi connectivity index (χ0v) is 19.2. The lowest BCUT2D eigenvalue weighted by Crippen LogP contribution is -2.42. The standard InChI is InChI=1S/C19H20Cl2N6O6/c1-4-32-19(31)23-18(30)14(16(22)28)26-24-9-5-11(20)15(12(21)6-9)33-13-7-10(8(2)3)17(29)27-25-13/h5-8,24H,4H2,1-3H3,(H2,22,28)(H,27,29)(H,23,30,31)/b26-14-. The van der Waals surface area contributed by atoms with Gasteiger partial charge in [-0.15, -0.1) is 5.10 Å². The van der Waals surface area contributed by atoms with Crippen molar-refractivity contribution in [3.05, 3.63) is 44.2 Å². The second kappa shape index (κ2) is 11.3. The van der Waals surface area contributed by atoms with Gasteiger partial charge in [-0.3, -0.25) is 25.1 Å². The molecule has 0 fully saturated rings. The molecule has 0 spiro atoms. The van der Waals surface area contributed by atoms with Crippen LogP contribution >= 0.6 is 23.2 Å². The second-order valence-corrected chi connectivity index (χ2v) is 7.44. The molecule has 5 N–H and O–H groups in total. The summed E-state index contributed by atoms with van der Waals surface area (Å²) in [6.07, 6.45) is -1.07. The molecule has 1 aromatic heterocycles. The number of benzene rings is 1. The van der Waals surface area contributed by atoms with E-state index in [-0.39, 0.29) is 45.4 Å². The minimum Gasteiger partial charge on any atom is -0.450 e. The molecule has 3 amide bonds. The molecule has 0 saturated carbocycles. The van der Waals surface area contributed by atoms with Crippen LogP contribution in [0.3, 0.4) is 0 Å². The first-order valence-corrected chi connectivity index (χ1v) is 10.2. The lowest BCUT2D eigenvalue weighted by Gasteiger charge is -2.12. The molecule has 0 radical (unpaired) electrons. The molecule has 33 heavy (non-hydrogen) atoms. The highest BCUT2D eigenvalue weighted by Gasteiger charge is 2.21. The largest absolute Gasteiger partial charge is 0.450 e. The van der Waals surface area contributed by atoms with Crippen LogP contribution in [0, 0.1) is 0 Å². The zero-order valence-electron chi connectivity index (χ0n) is 17.7. The minimum atomic E-state index is -1.20. The van der Waals surface area contributed by atoms with E-state index in [0.29, 0.717) is 5.56 Å². The third-order valence-corrected chi connectivity index (χ3v) is 4.43. The number of primary amides is 1. The Balaban J connectivity index is 2.24. The zero-order chi connectivity index (χ0) is 24.7. The number of aromatic amines is 1. The molecule has 12 nitrogen and oxygen atoms in total. The molecule has 0 aliphatic heterocycles. The number of hydrogen-bond donors (Lipinski definition) is 4. The number of alkyl carbamates (subject to hydrolysis) is 1. The van der Waals surface area contributed by atoms with Gasteiger partial charge in [-0.1, -0.05) is 37.0 Å². The van der Waals surface area contributed by atoms with Crippen molar-refractivity contribution in [2.75, 3.05) is 12.0 Å². The monoisotopic (exact) mass is 498 g/mol. The molecule has 0 bridgehead atoms. The van der Waals surface area contributed by atoms with Crippen LogP contribution in [0.25, 0.3) is 0 Å². The number of carbonyl (C=O) groups is 3. The highest BCUT2D eigenvalue weighted by atomic mass is 35.5. The van der Waals surface area contributed by atoms with Crippen LogP contribution in [-0.4, -0.2) is 40.4 Å². The van der Waals surface area contributed by atoms with Crippen molar-refractivity contribution < 1.29 is 23.9 Å². The number of imide groups is 1. The van der Waals surface area contributed by atoms with E-state index in [9.17, 15) is 19.2 Å². The Morgan fingerprint density at radius 2 is 1.85 bits per heavy atom. The highest BCUT2D eigenvalue weighted by molar-refractivity contribution is 6.65. The topological polar surface area (TPSA) is 178 Å². The molecular weight excluding hydrogens is 479 g/mol. The summed E-state index contributed by atoms with van der Waals surface area (Å²) >= 11 is 12.5. The number of ether oxygens (including phenoxy) is 2. The van der Waals surface area contributed by atoms with E-state index < -0.39 is 23.6 Å². The molecule has 1 aromatic carbocycles. The number of amides is 3. The van der Waals surface area contributed by atoms with Crippen molar-refractivity contribution in [1.82, 2.24) is 15.5 Å². The van der Waals surface area contributed by atoms with Crippen molar-refractivity contribution in [1.29, 1.82) is 0 Å². The fourth-order valence-electron chi connectivity index (χ4n) is 2.37. The van der Waals surface area contributed by atoms with Gasteiger partial charge in [0.25, 0.3) is 17.4 Å². The van der Waals surface area contributed by atoms with Gasteiger partial charge in [0.05, 0.1) is 22.3 Å². The molecule has 176 valence electrons. The molecule has 0 unspecified atom stereocenters. The lowest BCUT2D eigenvalue weighted by atomic mass is 10.1.